The number of hydrogen-bond acceptors (Lipinski definition) is 3. The quantitative estimate of drug-likeness (QED) is 0.886. The molecule has 2 N–H and O–H groups in total. The summed E-state index contributed by atoms with van der Waals surface area (Å²) >= 11 is 0. The predicted octanol–water partition coefficient (Wildman–Crippen LogP) is 2.65. The van der Waals surface area contributed by atoms with E-state index in [1.807, 2.05) is 30.5 Å². The van der Waals surface area contributed by atoms with Crippen LogP contribution in [0.25, 0.3) is 0 Å². The molecule has 1 aromatic heterocycles. The van der Waals surface area contributed by atoms with E-state index in [0.717, 1.165) is 25.0 Å². The number of pyridine rings is 1. The first-order valence-corrected chi connectivity index (χ1v) is 7.71. The number of aromatic nitrogens is 1. The van der Waals surface area contributed by atoms with Crippen molar-refractivity contribution in [1.29, 1.82) is 0 Å². The maximum absolute atomic E-state index is 9.68. The molecule has 0 radical (unpaired) electrons. The van der Waals surface area contributed by atoms with Crippen LogP contribution in [0.5, 0.6) is 0 Å². The number of rotatable bonds is 5. The molecule has 2 aromatic rings. The summed E-state index contributed by atoms with van der Waals surface area (Å²) in [7, 11) is 0. The van der Waals surface area contributed by atoms with Gasteiger partial charge in [0.05, 0.1) is 18.3 Å². The van der Waals surface area contributed by atoms with E-state index in [1.54, 1.807) is 0 Å². The molecular weight excluding hydrogens is 260 g/mol. The van der Waals surface area contributed by atoms with E-state index in [9.17, 15) is 5.11 Å². The molecule has 21 heavy (non-hydrogen) atoms. The van der Waals surface area contributed by atoms with Gasteiger partial charge >= 0.3 is 0 Å². The zero-order chi connectivity index (χ0) is 14.5. The molecule has 1 aliphatic carbocycles. The van der Waals surface area contributed by atoms with Crippen LogP contribution in [-0.2, 0) is 12.8 Å². The van der Waals surface area contributed by atoms with Gasteiger partial charge in [-0.15, -0.1) is 0 Å². The van der Waals surface area contributed by atoms with Gasteiger partial charge in [-0.25, -0.2) is 0 Å². The van der Waals surface area contributed by atoms with E-state index < -0.39 is 0 Å². The molecule has 3 heteroatoms. The Morgan fingerprint density at radius 2 is 2.05 bits per heavy atom. The molecule has 110 valence electrons. The topological polar surface area (TPSA) is 45.1 Å². The average Bonchev–Trinajstić information content (AvgIpc) is 2.55. The van der Waals surface area contributed by atoms with Crippen LogP contribution >= 0.6 is 0 Å². The summed E-state index contributed by atoms with van der Waals surface area (Å²) in [4.78, 5) is 4.55. The molecule has 1 aliphatic rings. The summed E-state index contributed by atoms with van der Waals surface area (Å²) in [6.07, 6.45) is 6.10. The van der Waals surface area contributed by atoms with Crippen LogP contribution in [0.15, 0.2) is 48.7 Å². The number of aliphatic hydroxyl groups is 1. The third-order valence-corrected chi connectivity index (χ3v) is 4.18. The van der Waals surface area contributed by atoms with E-state index >= 15 is 0 Å². The number of benzene rings is 1. The molecule has 2 atom stereocenters. The van der Waals surface area contributed by atoms with E-state index in [-0.39, 0.29) is 18.7 Å². The Labute approximate surface area is 126 Å². The molecule has 0 aliphatic heterocycles. The molecule has 0 saturated carbocycles. The van der Waals surface area contributed by atoms with Crippen LogP contribution < -0.4 is 5.32 Å². The first kappa shape index (κ1) is 14.2. The maximum Gasteiger partial charge on any atom is 0.0605 e. The van der Waals surface area contributed by atoms with Crippen molar-refractivity contribution < 1.29 is 5.11 Å². The largest absolute Gasteiger partial charge is 0.395 e. The van der Waals surface area contributed by atoms with Crippen molar-refractivity contribution in [1.82, 2.24) is 10.3 Å². The number of nitrogens with one attached hydrogen (secondary N) is 1. The first-order chi connectivity index (χ1) is 10.4. The lowest BCUT2D eigenvalue weighted by Gasteiger charge is -2.29. The second kappa shape index (κ2) is 6.83. The fraction of sp³-hybridized carbons (Fsp3) is 0.389. The van der Waals surface area contributed by atoms with Gasteiger partial charge in [-0.05, 0) is 42.9 Å². The fourth-order valence-electron chi connectivity index (χ4n) is 3.13. The highest BCUT2D eigenvalue weighted by Crippen LogP contribution is 2.28. The molecule has 3 rings (SSSR count). The van der Waals surface area contributed by atoms with Gasteiger partial charge in [0.15, 0.2) is 0 Å². The van der Waals surface area contributed by atoms with E-state index in [2.05, 4.69) is 28.5 Å². The molecule has 0 saturated heterocycles. The highest BCUT2D eigenvalue weighted by Gasteiger charge is 2.23. The number of fused-ring (bicyclic) bond motifs is 1. The van der Waals surface area contributed by atoms with Gasteiger partial charge in [0.1, 0.15) is 0 Å². The summed E-state index contributed by atoms with van der Waals surface area (Å²) in [5, 5.41) is 13.3. The van der Waals surface area contributed by atoms with Gasteiger partial charge in [0.25, 0.3) is 0 Å². The van der Waals surface area contributed by atoms with Gasteiger partial charge in [-0.1, -0.05) is 36.4 Å². The molecule has 0 amide bonds. The van der Waals surface area contributed by atoms with Crippen molar-refractivity contribution in [3.63, 3.8) is 0 Å². The van der Waals surface area contributed by atoms with E-state index in [4.69, 9.17) is 0 Å². The van der Waals surface area contributed by atoms with Crippen LogP contribution in [0.2, 0.25) is 0 Å². The minimum atomic E-state index is 0.0744. The summed E-state index contributed by atoms with van der Waals surface area (Å²) < 4.78 is 0. The van der Waals surface area contributed by atoms with Gasteiger partial charge in [0.2, 0.25) is 0 Å². The normalized spacial score (nSPS) is 19.0. The number of aliphatic hydroxyl groups excluding tert-OH is 1. The summed E-state index contributed by atoms with van der Waals surface area (Å²) in [6.45, 7) is 0.146. The highest BCUT2D eigenvalue weighted by atomic mass is 16.3. The van der Waals surface area contributed by atoms with Crippen molar-refractivity contribution in [3.05, 3.63) is 65.5 Å². The summed E-state index contributed by atoms with van der Waals surface area (Å²) in [5.74, 6) is 0. The minimum Gasteiger partial charge on any atom is -0.395 e. The molecule has 0 spiro atoms. The Morgan fingerprint density at radius 3 is 2.86 bits per heavy atom. The number of aryl methyl sites for hydroxylation is 1. The predicted molar refractivity (Wildman–Crippen MR) is 84.1 cm³/mol. The molecule has 0 fully saturated rings. The average molecular weight is 282 g/mol. The van der Waals surface area contributed by atoms with Crippen LogP contribution in [0, 0.1) is 0 Å². The van der Waals surface area contributed by atoms with Crippen molar-refractivity contribution in [2.24, 2.45) is 0 Å². The van der Waals surface area contributed by atoms with E-state index in [1.165, 1.54) is 17.5 Å². The molecule has 1 heterocycles. The second-order valence-electron chi connectivity index (χ2n) is 5.73. The molecule has 3 nitrogen and oxygen atoms in total. The van der Waals surface area contributed by atoms with E-state index in [0.29, 0.717) is 0 Å². The minimum absolute atomic E-state index is 0.0744. The Morgan fingerprint density at radius 1 is 1.19 bits per heavy atom. The van der Waals surface area contributed by atoms with Crippen LogP contribution in [0.1, 0.15) is 35.7 Å². The van der Waals surface area contributed by atoms with Gasteiger partial charge in [-0.3, -0.25) is 4.98 Å². The maximum atomic E-state index is 9.68. The fourth-order valence-corrected chi connectivity index (χ4v) is 3.13. The third-order valence-electron chi connectivity index (χ3n) is 4.18. The zero-order valence-corrected chi connectivity index (χ0v) is 12.2. The lowest BCUT2D eigenvalue weighted by Crippen LogP contribution is -2.39. The van der Waals surface area contributed by atoms with Crippen molar-refractivity contribution in [2.45, 2.75) is 37.8 Å². The van der Waals surface area contributed by atoms with Crippen LogP contribution in [0.3, 0.4) is 0 Å². The summed E-state index contributed by atoms with van der Waals surface area (Å²) in [6, 6.07) is 14.8. The number of hydrogen-bond donors (Lipinski definition) is 2. The molecule has 1 unspecified atom stereocenters. The van der Waals surface area contributed by atoms with Crippen LogP contribution in [0.4, 0.5) is 0 Å². The Kier molecular flexibility index (Phi) is 4.63. The van der Waals surface area contributed by atoms with Gasteiger partial charge in [0, 0.05) is 12.2 Å². The lowest BCUT2D eigenvalue weighted by atomic mass is 9.91. The lowest BCUT2D eigenvalue weighted by molar-refractivity contribution is 0.224. The summed E-state index contributed by atoms with van der Waals surface area (Å²) in [5.41, 5.74) is 3.76. The van der Waals surface area contributed by atoms with Crippen molar-refractivity contribution in [3.8, 4) is 0 Å². The second-order valence-corrected chi connectivity index (χ2v) is 5.73. The Balaban J connectivity index is 1.70. The van der Waals surface area contributed by atoms with Gasteiger partial charge in [-0.2, -0.15) is 0 Å². The standard InChI is InChI=1S/C18H22N2O/c21-13-16(12-14-6-2-1-3-7-14)20-17-10-4-8-15-9-5-11-19-18(15)17/h1-3,5-7,9,11,16-17,20-21H,4,8,10,12-13H2/t16-,17?/m0/s1. The van der Waals surface area contributed by atoms with Gasteiger partial charge < -0.3 is 10.4 Å². The third kappa shape index (κ3) is 3.49. The zero-order valence-electron chi connectivity index (χ0n) is 12.2. The SMILES string of the molecule is OC[C@H](Cc1ccccc1)NC1CCCc2cccnc21. The number of nitrogens with zero attached hydrogens (tertiary/aromatic N) is 1. The molecule has 1 aromatic carbocycles. The Hall–Kier alpha value is -1.71. The highest BCUT2D eigenvalue weighted by molar-refractivity contribution is 5.25. The monoisotopic (exact) mass is 282 g/mol. The smallest absolute Gasteiger partial charge is 0.0605 e. The molecule has 0 bridgehead atoms. The van der Waals surface area contributed by atoms with Crippen molar-refractivity contribution >= 4 is 0 Å². The van der Waals surface area contributed by atoms with Crippen LogP contribution in [-0.4, -0.2) is 22.7 Å². The molecular formula is C18H22N2O. The van der Waals surface area contributed by atoms with Crippen molar-refractivity contribution in [2.75, 3.05) is 6.61 Å². The first-order valence-electron chi connectivity index (χ1n) is 7.71. The Bertz CT molecular complexity index is 570.